The molecular weight excluding hydrogens is 107 g/mol. The van der Waals surface area contributed by atoms with E-state index in [1.54, 1.807) is 13.0 Å². The van der Waals surface area contributed by atoms with Crippen LogP contribution in [0.5, 0.6) is 0 Å². The Labute approximate surface area is 69.3 Å². The Morgan fingerprint density at radius 1 is 1.33 bits per heavy atom. The van der Waals surface area contributed by atoms with E-state index in [1.807, 2.05) is 20.8 Å². The Morgan fingerprint density at radius 3 is 1.67 bits per heavy atom. The predicted molar refractivity (Wildman–Crippen MR) is 33.2 cm³/mol. The van der Waals surface area contributed by atoms with Gasteiger partial charge in [-0.15, -0.1) is 5.76 Å². The summed E-state index contributed by atoms with van der Waals surface area (Å²) in [5.74, 6) is 0.206. The van der Waals surface area contributed by atoms with Crippen LogP contribution in [0.25, 0.3) is 0 Å². The molecule has 0 amide bonds. The van der Waals surface area contributed by atoms with E-state index in [9.17, 15) is 5.11 Å². The number of rotatable bonds is 0. The molecule has 0 bridgehead atoms. The van der Waals surface area contributed by atoms with E-state index >= 15 is 0 Å². The Bertz CT molecular complexity index is 100.0. The molecule has 0 unspecified atom stereocenters. The minimum absolute atomic E-state index is 0. The second kappa shape index (κ2) is 4.03. The molecule has 0 rings (SSSR count). The van der Waals surface area contributed by atoms with Gasteiger partial charge in [0.1, 0.15) is 0 Å². The molecule has 0 aromatic rings. The van der Waals surface area contributed by atoms with Crippen LogP contribution in [0, 0.1) is 5.41 Å². The molecule has 0 aromatic heterocycles. The van der Waals surface area contributed by atoms with Crippen LogP contribution in [-0.4, -0.2) is 0 Å². The first kappa shape index (κ1) is 11.9. The molecular formula is C7H13LiO. The maximum atomic E-state index is 10.8. The standard InChI is InChI=1S/C7H14O.Li/c1-5-6(8)7(2,3)4;/h5,8H,1-4H3;/q;+1/p-1/b6-5+;. The molecule has 1 nitrogen and oxygen atoms in total. The van der Waals surface area contributed by atoms with Gasteiger partial charge in [-0.05, 0) is 12.3 Å². The second-order valence-electron chi connectivity index (χ2n) is 2.90. The van der Waals surface area contributed by atoms with E-state index < -0.39 is 0 Å². The van der Waals surface area contributed by atoms with Crippen LogP contribution in [0.2, 0.25) is 0 Å². The molecule has 0 radical (unpaired) electrons. The topological polar surface area (TPSA) is 23.1 Å². The molecule has 0 saturated heterocycles. The van der Waals surface area contributed by atoms with E-state index in [4.69, 9.17) is 0 Å². The molecule has 48 valence electrons. The van der Waals surface area contributed by atoms with Crippen molar-refractivity contribution in [3.63, 3.8) is 0 Å². The van der Waals surface area contributed by atoms with Crippen molar-refractivity contribution < 1.29 is 24.0 Å². The molecule has 0 saturated carbocycles. The first-order valence-corrected chi connectivity index (χ1v) is 2.82. The van der Waals surface area contributed by atoms with E-state index in [1.165, 1.54) is 0 Å². The zero-order chi connectivity index (χ0) is 6.78. The van der Waals surface area contributed by atoms with E-state index in [0.717, 1.165) is 0 Å². The molecule has 0 spiro atoms. The summed E-state index contributed by atoms with van der Waals surface area (Å²) in [5.41, 5.74) is -0.186. The third-order valence-electron chi connectivity index (χ3n) is 1.00. The molecule has 0 N–H and O–H groups in total. The third-order valence-corrected chi connectivity index (χ3v) is 1.00. The second-order valence-corrected chi connectivity index (χ2v) is 2.90. The van der Waals surface area contributed by atoms with Crippen LogP contribution in [0.3, 0.4) is 0 Å². The minimum Gasteiger partial charge on any atom is -0.875 e. The summed E-state index contributed by atoms with van der Waals surface area (Å²) < 4.78 is 0. The van der Waals surface area contributed by atoms with E-state index in [0.29, 0.717) is 0 Å². The average molecular weight is 120 g/mol. The van der Waals surface area contributed by atoms with Crippen LogP contribution in [0.15, 0.2) is 11.8 Å². The molecule has 9 heavy (non-hydrogen) atoms. The van der Waals surface area contributed by atoms with Crippen molar-refractivity contribution in [1.29, 1.82) is 0 Å². The monoisotopic (exact) mass is 120 g/mol. The van der Waals surface area contributed by atoms with Gasteiger partial charge in [-0.25, -0.2) is 0 Å². The summed E-state index contributed by atoms with van der Waals surface area (Å²) in [6, 6.07) is 0. The van der Waals surface area contributed by atoms with Gasteiger partial charge in [-0.1, -0.05) is 26.8 Å². The van der Waals surface area contributed by atoms with Crippen molar-refractivity contribution in [1.82, 2.24) is 0 Å². The molecule has 2 heteroatoms. The molecule has 0 aliphatic carbocycles. The molecule has 0 aromatic carbocycles. The van der Waals surface area contributed by atoms with E-state index in [-0.39, 0.29) is 30.0 Å². The smallest absolute Gasteiger partial charge is 0.875 e. The summed E-state index contributed by atoms with van der Waals surface area (Å²) in [6.07, 6.45) is 1.61. The van der Waals surface area contributed by atoms with Gasteiger partial charge in [0.05, 0.1) is 0 Å². The average Bonchev–Trinajstić information content (AvgIpc) is 1.62. The Hall–Kier alpha value is 0.137. The van der Waals surface area contributed by atoms with Gasteiger partial charge in [0.2, 0.25) is 0 Å². The van der Waals surface area contributed by atoms with Gasteiger partial charge < -0.3 is 5.11 Å². The number of hydrogen-bond acceptors (Lipinski definition) is 1. The quantitative estimate of drug-likeness (QED) is 0.276. The van der Waals surface area contributed by atoms with Crippen LogP contribution in [0.1, 0.15) is 27.7 Å². The van der Waals surface area contributed by atoms with Crippen molar-refractivity contribution in [3.8, 4) is 0 Å². The summed E-state index contributed by atoms with van der Waals surface area (Å²) in [4.78, 5) is 0. The Morgan fingerprint density at radius 2 is 1.67 bits per heavy atom. The van der Waals surface area contributed by atoms with Crippen LogP contribution >= 0.6 is 0 Å². The van der Waals surface area contributed by atoms with Crippen molar-refractivity contribution in [3.05, 3.63) is 11.8 Å². The van der Waals surface area contributed by atoms with Gasteiger partial charge in [0, 0.05) is 0 Å². The molecule has 0 aliphatic rings. The first-order chi connectivity index (χ1) is 3.48. The van der Waals surface area contributed by atoms with Gasteiger partial charge in [-0.3, -0.25) is 0 Å². The fraction of sp³-hybridized carbons (Fsp3) is 0.714. The predicted octanol–water partition coefficient (Wildman–Crippen LogP) is -1.70. The molecule has 0 heterocycles. The third kappa shape index (κ3) is 4.63. The van der Waals surface area contributed by atoms with Crippen LogP contribution in [0.4, 0.5) is 0 Å². The van der Waals surface area contributed by atoms with Gasteiger partial charge in [0.25, 0.3) is 0 Å². The zero-order valence-corrected chi connectivity index (χ0v) is 6.99. The van der Waals surface area contributed by atoms with Gasteiger partial charge >= 0.3 is 18.9 Å². The molecule has 0 fully saturated rings. The van der Waals surface area contributed by atoms with Crippen LogP contribution < -0.4 is 24.0 Å². The maximum Gasteiger partial charge on any atom is 1.00 e. The summed E-state index contributed by atoms with van der Waals surface area (Å²) in [6.45, 7) is 7.51. The summed E-state index contributed by atoms with van der Waals surface area (Å²) in [5, 5.41) is 10.8. The summed E-state index contributed by atoms with van der Waals surface area (Å²) >= 11 is 0. The minimum atomic E-state index is -0.186. The van der Waals surface area contributed by atoms with Crippen molar-refractivity contribution in [2.45, 2.75) is 27.7 Å². The van der Waals surface area contributed by atoms with Gasteiger partial charge in [0.15, 0.2) is 0 Å². The number of allylic oxidation sites excluding steroid dienone is 2. The largest absolute Gasteiger partial charge is 1.00 e. The normalized spacial score (nSPS) is 12.7. The zero-order valence-electron chi connectivity index (χ0n) is 6.99. The Kier molecular flexibility index (Phi) is 5.32. The van der Waals surface area contributed by atoms with Crippen molar-refractivity contribution in [2.24, 2.45) is 5.41 Å². The number of hydrogen-bond donors (Lipinski definition) is 0. The van der Waals surface area contributed by atoms with Crippen molar-refractivity contribution in [2.75, 3.05) is 0 Å². The van der Waals surface area contributed by atoms with Crippen LogP contribution in [-0.2, 0) is 0 Å². The maximum absolute atomic E-state index is 10.8. The molecule has 0 aliphatic heterocycles. The summed E-state index contributed by atoms with van der Waals surface area (Å²) in [7, 11) is 0. The first-order valence-electron chi connectivity index (χ1n) is 2.82. The SMILES string of the molecule is C/C=C(/[O-])C(C)(C)C.[Li+]. The fourth-order valence-corrected chi connectivity index (χ4v) is 0.433. The fourth-order valence-electron chi connectivity index (χ4n) is 0.433. The van der Waals surface area contributed by atoms with E-state index in [2.05, 4.69) is 0 Å². The van der Waals surface area contributed by atoms with Crippen molar-refractivity contribution >= 4 is 0 Å². The molecule has 0 atom stereocenters. The van der Waals surface area contributed by atoms with Gasteiger partial charge in [-0.2, -0.15) is 0 Å². The Balaban J connectivity index is 0.